The molecule has 0 aromatic heterocycles. The summed E-state index contributed by atoms with van der Waals surface area (Å²) in [6.45, 7) is 4.00. The van der Waals surface area contributed by atoms with Crippen molar-refractivity contribution >= 4 is 0 Å². The summed E-state index contributed by atoms with van der Waals surface area (Å²) < 4.78 is 64.0. The molecule has 0 N–H and O–H groups in total. The summed E-state index contributed by atoms with van der Waals surface area (Å²) in [4.78, 5) is 0. The predicted molar refractivity (Wildman–Crippen MR) is 46.7 cm³/mol. The van der Waals surface area contributed by atoms with E-state index in [0.717, 1.165) is 0 Å². The van der Waals surface area contributed by atoms with E-state index < -0.39 is 0 Å². The van der Waals surface area contributed by atoms with Gasteiger partial charge in [0.2, 0.25) is 0 Å². The van der Waals surface area contributed by atoms with Crippen LogP contribution < -0.4 is 0 Å². The number of hydrogen-bond donors (Lipinski definition) is 0. The van der Waals surface area contributed by atoms with Gasteiger partial charge in [-0.15, -0.1) is 0 Å². The van der Waals surface area contributed by atoms with Gasteiger partial charge in [0.15, 0.2) is 0 Å². The Morgan fingerprint density at radius 1 is 0.375 bits per heavy atom. The maximum Gasteiger partial charge on any atom is 0 e. The van der Waals surface area contributed by atoms with Gasteiger partial charge in [-0.3, -0.25) is 0 Å². The molecular formula is C8H12F8. The van der Waals surface area contributed by atoms with E-state index in [9.17, 15) is 0 Å². The van der Waals surface area contributed by atoms with Crippen LogP contribution in [0.15, 0.2) is 36.4 Å². The third kappa shape index (κ3) is 79.3. The molecule has 8 heteroatoms. The Labute approximate surface area is 88.0 Å². The molecule has 100 valence electrons. The highest BCUT2D eigenvalue weighted by molar-refractivity contribution is 4.99. The first kappa shape index (κ1) is 29.3. The molecule has 0 spiro atoms. The molecule has 0 nitrogen and oxygen atoms in total. The summed E-state index contributed by atoms with van der Waals surface area (Å²) in [5.41, 5.74) is 0. The van der Waals surface area contributed by atoms with Gasteiger partial charge in [0.1, 0.15) is 0 Å². The molecule has 0 fully saturated rings. The third-order valence-electron chi connectivity index (χ3n) is 0.667. The van der Waals surface area contributed by atoms with Gasteiger partial charge in [0, 0.05) is 36.6 Å². The van der Waals surface area contributed by atoms with Crippen LogP contribution in [-0.4, -0.2) is 0 Å². The summed E-state index contributed by atoms with van der Waals surface area (Å²) in [5.74, 6) is 0. The van der Waals surface area contributed by atoms with E-state index in [4.69, 9.17) is 36.6 Å². The van der Waals surface area contributed by atoms with Crippen molar-refractivity contribution in [2.45, 2.75) is 13.8 Å². The minimum Gasteiger partial charge on any atom is -0.0683 e. The van der Waals surface area contributed by atoms with Crippen LogP contribution in [0.2, 0.25) is 0 Å². The van der Waals surface area contributed by atoms with E-state index in [-0.39, 0.29) is 0 Å². The van der Waals surface area contributed by atoms with E-state index in [1.165, 1.54) is 0 Å². The van der Waals surface area contributed by atoms with Crippen molar-refractivity contribution in [2.24, 2.45) is 0 Å². The molecule has 0 bridgehead atoms. The first-order valence-corrected chi connectivity index (χ1v) is 3.57. The van der Waals surface area contributed by atoms with Crippen LogP contribution in [0.4, 0.5) is 36.6 Å². The third-order valence-corrected chi connectivity index (χ3v) is 0.667. The highest BCUT2D eigenvalue weighted by Gasteiger charge is 1.57. The molecule has 16 heavy (non-hydrogen) atoms. The van der Waals surface area contributed by atoms with Crippen molar-refractivity contribution in [1.82, 2.24) is 0 Å². The van der Waals surface area contributed by atoms with Gasteiger partial charge >= 0.3 is 0 Å². The Hall–Kier alpha value is -1.34. The normalized spacial score (nSPS) is 4.88. The summed E-state index contributed by atoms with van der Waals surface area (Å²) >= 11 is 0. The average molecular weight is 260 g/mol. The molecular weight excluding hydrogens is 248 g/mol. The molecule has 0 aliphatic carbocycles. The first-order valence-electron chi connectivity index (χ1n) is 3.57. The second-order valence-electron chi connectivity index (χ2n) is 1.15. The molecule has 0 unspecified atom stereocenters. The van der Waals surface area contributed by atoms with E-state index >= 15 is 0 Å². The Morgan fingerprint density at radius 2 is 0.438 bits per heavy atom. The summed E-state index contributed by atoms with van der Waals surface area (Å²) in [6, 6.07) is 12.0. The van der Waals surface area contributed by atoms with E-state index in [0.29, 0.717) is 0 Å². The van der Waals surface area contributed by atoms with Crippen molar-refractivity contribution in [3.05, 3.63) is 36.4 Å². The quantitative estimate of drug-likeness (QED) is 0.496. The van der Waals surface area contributed by atoms with Crippen molar-refractivity contribution in [3.63, 3.8) is 0 Å². The van der Waals surface area contributed by atoms with Gasteiger partial charge in [-0.2, -0.15) is 0 Å². The highest BCUT2D eigenvalue weighted by Crippen LogP contribution is 1.79. The van der Waals surface area contributed by atoms with Crippen LogP contribution in [0, 0.1) is 0 Å². The minimum atomic E-state index is 2.00. The fourth-order valence-corrected chi connectivity index (χ4v) is 0.385. The zero-order valence-electron chi connectivity index (χ0n) is 8.49. The highest BCUT2D eigenvalue weighted by atomic mass is 20.0. The lowest BCUT2D eigenvalue weighted by molar-refractivity contribution is 0.108. The van der Waals surface area contributed by atoms with Gasteiger partial charge in [0.05, 0.1) is 0 Å². The van der Waals surface area contributed by atoms with Crippen LogP contribution >= 0.6 is 0 Å². The summed E-state index contributed by atoms with van der Waals surface area (Å²) in [7, 11) is 0. The Kier molecular flexibility index (Phi) is 185. The lowest BCUT2D eigenvalue weighted by Crippen LogP contribution is -1.47. The summed E-state index contributed by atoms with van der Waals surface area (Å²) in [5, 5.41) is 0. The smallest absolute Gasteiger partial charge is 0 e. The maximum atomic E-state index is 8.00. The van der Waals surface area contributed by atoms with E-state index in [1.807, 2.05) is 50.2 Å². The van der Waals surface area contributed by atoms with Crippen molar-refractivity contribution in [2.75, 3.05) is 0 Å². The number of benzene rings is 1. The van der Waals surface area contributed by atoms with Crippen molar-refractivity contribution in [3.8, 4) is 0 Å². The van der Waals surface area contributed by atoms with E-state index in [2.05, 4.69) is 0 Å². The molecule has 0 radical (unpaired) electrons. The molecule has 1 aromatic rings. The van der Waals surface area contributed by atoms with Gasteiger partial charge in [-0.05, 0) is 0 Å². The first-order chi connectivity index (χ1) is 8.00. The van der Waals surface area contributed by atoms with Crippen molar-refractivity contribution in [1.29, 1.82) is 0 Å². The molecule has 0 atom stereocenters. The van der Waals surface area contributed by atoms with Crippen LogP contribution in [0.5, 0.6) is 0 Å². The zero-order chi connectivity index (χ0) is 14.2. The Bertz CT molecular complexity index is 88.0. The molecule has 0 heterocycles. The Morgan fingerprint density at radius 3 is 0.500 bits per heavy atom. The number of rotatable bonds is 0. The SMILES string of the molecule is CC.FF.FF.FF.FF.c1ccccc1. The molecule has 0 aliphatic heterocycles. The molecule has 0 aliphatic rings. The second kappa shape index (κ2) is 101. The van der Waals surface area contributed by atoms with Gasteiger partial charge in [0.25, 0.3) is 0 Å². The van der Waals surface area contributed by atoms with Crippen LogP contribution in [0.25, 0.3) is 0 Å². The zero-order valence-corrected chi connectivity index (χ0v) is 8.49. The maximum absolute atomic E-state index is 8.00. The standard InChI is InChI=1S/C6H6.C2H6.4F2/c1-2-4-6-5-3-1;5*1-2/h1-6H;1-2H3;;;;. The van der Waals surface area contributed by atoms with Gasteiger partial charge < -0.3 is 0 Å². The fraction of sp³-hybridized carbons (Fsp3) is 0.250. The molecule has 0 saturated heterocycles. The number of hydrogen-bond acceptors (Lipinski definition) is 0. The topological polar surface area (TPSA) is 0 Å². The predicted octanol–water partition coefficient (Wildman–Crippen LogP) is 6.07. The average Bonchev–Trinajstić information content (AvgIpc) is 2.51. The second-order valence-corrected chi connectivity index (χ2v) is 1.15. The van der Waals surface area contributed by atoms with Gasteiger partial charge in [-0.25, -0.2) is 0 Å². The van der Waals surface area contributed by atoms with Crippen LogP contribution in [0.1, 0.15) is 13.8 Å². The Balaban J connectivity index is -0.0000000351. The molecule has 0 amide bonds. The van der Waals surface area contributed by atoms with Gasteiger partial charge in [-0.1, -0.05) is 50.2 Å². The minimum absolute atomic E-state index is 2.00. The monoisotopic (exact) mass is 260 g/mol. The molecule has 1 aromatic carbocycles. The lowest BCUT2D eigenvalue weighted by atomic mass is 10.4. The van der Waals surface area contributed by atoms with Crippen LogP contribution in [0.3, 0.4) is 0 Å². The largest absolute Gasteiger partial charge is 0.0683 e. The van der Waals surface area contributed by atoms with Crippen LogP contribution in [-0.2, 0) is 0 Å². The molecule has 1 rings (SSSR count). The fourth-order valence-electron chi connectivity index (χ4n) is 0.385. The summed E-state index contributed by atoms with van der Waals surface area (Å²) in [6.07, 6.45) is 0. The van der Waals surface area contributed by atoms with Crippen molar-refractivity contribution < 1.29 is 36.6 Å². The lowest BCUT2D eigenvalue weighted by Gasteiger charge is -1.69. The number of halogens is 8. The van der Waals surface area contributed by atoms with E-state index in [1.54, 1.807) is 0 Å². The molecule has 0 saturated carbocycles.